The maximum absolute atomic E-state index is 7.49. The lowest BCUT2D eigenvalue weighted by molar-refractivity contribution is 0.449. The van der Waals surface area contributed by atoms with Crippen molar-refractivity contribution in [3.8, 4) is 0 Å². The summed E-state index contributed by atoms with van der Waals surface area (Å²) in [6, 6.07) is 1.13. The molecule has 0 saturated carbocycles. The van der Waals surface area contributed by atoms with Crippen molar-refractivity contribution in [3.05, 3.63) is 23.8 Å². The third-order valence-electron chi connectivity index (χ3n) is 1.17. The van der Waals surface area contributed by atoms with Gasteiger partial charge in [0.05, 0.1) is 2.74 Å². The molecule has 0 fully saturated rings. The molecule has 0 N–H and O–H groups in total. The molecule has 1 heteroatoms. The third-order valence-corrected chi connectivity index (χ3v) is 1.17. The zero-order valence-corrected chi connectivity index (χ0v) is 5.94. The Balaban J connectivity index is 2.69. The molecule has 0 bridgehead atoms. The van der Waals surface area contributed by atoms with Crippen molar-refractivity contribution in [1.29, 1.82) is 0 Å². The highest BCUT2D eigenvalue weighted by Gasteiger charge is 1.97. The van der Waals surface area contributed by atoms with Gasteiger partial charge in [-0.2, -0.15) is 0 Å². The summed E-state index contributed by atoms with van der Waals surface area (Å²) in [6.45, 7) is 0.716. The summed E-state index contributed by atoms with van der Waals surface area (Å²) < 4.78 is 15.0. The number of rotatable bonds is 2. The fourth-order valence-corrected chi connectivity index (χ4v) is 0.817. The van der Waals surface area contributed by atoms with Gasteiger partial charge in [-0.1, -0.05) is 18.2 Å². The Labute approximate surface area is 59.5 Å². The maximum atomic E-state index is 7.49. The fourth-order valence-electron chi connectivity index (χ4n) is 0.817. The van der Waals surface area contributed by atoms with Gasteiger partial charge in [0.2, 0.25) is 0 Å². The van der Waals surface area contributed by atoms with E-state index >= 15 is 0 Å². The van der Waals surface area contributed by atoms with E-state index in [1.807, 2.05) is 19.0 Å². The molecule has 0 unspecified atom stereocenters. The van der Waals surface area contributed by atoms with Crippen LogP contribution in [0.4, 0.5) is 0 Å². The molecule has 1 rings (SSSR count). The van der Waals surface area contributed by atoms with Crippen molar-refractivity contribution in [3.63, 3.8) is 0 Å². The van der Waals surface area contributed by atoms with Crippen molar-refractivity contribution in [2.24, 2.45) is 0 Å². The van der Waals surface area contributed by atoms with Crippen LogP contribution in [-0.2, 0) is 0 Å². The fraction of sp³-hybridized carbons (Fsp3) is 0.500. The van der Waals surface area contributed by atoms with E-state index in [4.69, 9.17) is 2.74 Å². The molecule has 0 atom stereocenters. The van der Waals surface area contributed by atoms with Crippen LogP contribution in [0.1, 0.15) is 9.16 Å². The molecule has 1 aliphatic carbocycles. The lowest BCUT2D eigenvalue weighted by Gasteiger charge is -2.07. The number of hydrogen-bond donors (Lipinski definition) is 0. The predicted octanol–water partition coefficient (Wildman–Crippen LogP) is 1.43. The number of allylic oxidation sites excluding steroid dienone is 2. The summed E-state index contributed by atoms with van der Waals surface area (Å²) in [6.07, 6.45) is 2.43. The van der Waals surface area contributed by atoms with Gasteiger partial charge in [-0.25, -0.2) is 0 Å². The van der Waals surface area contributed by atoms with E-state index in [9.17, 15) is 0 Å². The smallest absolute Gasteiger partial charge is 0.0623 e. The highest BCUT2D eigenvalue weighted by molar-refractivity contribution is 5.26. The second-order valence-electron chi connectivity index (χ2n) is 2.45. The van der Waals surface area contributed by atoms with E-state index in [1.165, 1.54) is 0 Å². The molecule has 50 valence electrons. The molecule has 0 aromatic rings. The molecular weight excluding hydrogens is 110 g/mol. The van der Waals surface area contributed by atoms with Crippen LogP contribution in [0, 0.1) is 0 Å². The van der Waals surface area contributed by atoms with Crippen molar-refractivity contribution in [2.75, 3.05) is 20.6 Å². The summed E-state index contributed by atoms with van der Waals surface area (Å²) in [5, 5.41) is 0. The quantitative estimate of drug-likeness (QED) is 0.539. The molecule has 0 heterocycles. The summed E-state index contributed by atoms with van der Waals surface area (Å²) in [4.78, 5) is 1.98. The Kier molecular flexibility index (Phi) is 1.35. The van der Waals surface area contributed by atoms with Gasteiger partial charge in [-0.15, -0.1) is 0 Å². The predicted molar refractivity (Wildman–Crippen MR) is 40.4 cm³/mol. The zero-order chi connectivity index (χ0) is 8.43. The summed E-state index contributed by atoms with van der Waals surface area (Å²) in [7, 11) is 3.90. The Morgan fingerprint density at radius 3 is 3.00 bits per heavy atom. The average molecular weight is 125 g/mol. The standard InChI is InChI=1S/C8H13N/c1-9(2)7-8-5-3-4-6-8/h3,5-6H,4,7H2,1-2H3/i5D,6D. The molecule has 1 aliphatic rings. The molecule has 0 aromatic heterocycles. The van der Waals surface area contributed by atoms with Crippen LogP contribution in [-0.4, -0.2) is 25.5 Å². The van der Waals surface area contributed by atoms with Crippen LogP contribution in [0.5, 0.6) is 0 Å². The minimum atomic E-state index is 0.531. The highest BCUT2D eigenvalue weighted by atomic mass is 15.0. The lowest BCUT2D eigenvalue weighted by Crippen LogP contribution is -2.13. The second-order valence-corrected chi connectivity index (χ2v) is 2.45. The van der Waals surface area contributed by atoms with E-state index in [1.54, 1.807) is 6.08 Å². The van der Waals surface area contributed by atoms with Gasteiger partial charge in [-0.3, -0.25) is 0 Å². The van der Waals surface area contributed by atoms with E-state index < -0.39 is 0 Å². The maximum Gasteiger partial charge on any atom is 0.0623 e. The topological polar surface area (TPSA) is 3.24 Å². The van der Waals surface area contributed by atoms with Crippen LogP contribution in [0.2, 0.25) is 0 Å². The Morgan fingerprint density at radius 2 is 2.56 bits per heavy atom. The van der Waals surface area contributed by atoms with Gasteiger partial charge in [0.15, 0.2) is 0 Å². The van der Waals surface area contributed by atoms with Crippen molar-refractivity contribution in [2.45, 2.75) is 6.42 Å². The van der Waals surface area contributed by atoms with E-state index in [0.29, 0.717) is 25.1 Å². The number of nitrogens with zero attached hydrogens (tertiary/aromatic N) is 1. The molecule has 0 aromatic carbocycles. The van der Waals surface area contributed by atoms with Gasteiger partial charge in [-0.05, 0) is 26.1 Å². The molecule has 0 spiro atoms. The van der Waals surface area contributed by atoms with Crippen LogP contribution in [0.15, 0.2) is 23.8 Å². The van der Waals surface area contributed by atoms with E-state index in [-0.39, 0.29) is 0 Å². The largest absolute Gasteiger partial charge is 0.305 e. The molecular formula is C8H13N. The average Bonchev–Trinajstić information content (AvgIpc) is 2.18. The minimum absolute atomic E-state index is 0.531. The first-order valence-electron chi connectivity index (χ1n) is 4.11. The van der Waals surface area contributed by atoms with E-state index in [2.05, 4.69) is 0 Å². The van der Waals surface area contributed by atoms with Crippen LogP contribution in [0.25, 0.3) is 0 Å². The van der Waals surface area contributed by atoms with Gasteiger partial charge >= 0.3 is 0 Å². The molecule has 9 heavy (non-hydrogen) atoms. The van der Waals surface area contributed by atoms with E-state index in [0.717, 1.165) is 5.57 Å². The van der Waals surface area contributed by atoms with Crippen LogP contribution in [0.3, 0.4) is 0 Å². The van der Waals surface area contributed by atoms with Gasteiger partial charge in [0.1, 0.15) is 0 Å². The second kappa shape index (κ2) is 2.83. The Bertz CT molecular complexity index is 216. The van der Waals surface area contributed by atoms with Crippen LogP contribution >= 0.6 is 0 Å². The number of likely N-dealkylation sites (N-methyl/N-ethyl adjacent to an activating group) is 1. The van der Waals surface area contributed by atoms with Gasteiger partial charge < -0.3 is 4.90 Å². The first-order chi connectivity index (χ1) is 5.11. The summed E-state index contributed by atoms with van der Waals surface area (Å²) in [5.74, 6) is 0. The van der Waals surface area contributed by atoms with Crippen LogP contribution < -0.4 is 0 Å². The molecule has 0 aliphatic heterocycles. The molecule has 0 radical (unpaired) electrons. The Morgan fingerprint density at radius 1 is 1.78 bits per heavy atom. The third kappa shape index (κ3) is 2.02. The molecule has 0 saturated heterocycles. The first kappa shape index (κ1) is 4.29. The zero-order valence-electron chi connectivity index (χ0n) is 7.94. The van der Waals surface area contributed by atoms with Gasteiger partial charge in [0.25, 0.3) is 0 Å². The van der Waals surface area contributed by atoms with Crippen molar-refractivity contribution >= 4 is 0 Å². The SMILES string of the molecule is [2H]C1=CCC([2H])=C1CN(C)C. The molecule has 1 nitrogen and oxygen atoms in total. The normalized spacial score (nSPS) is 22.3. The highest BCUT2D eigenvalue weighted by Crippen LogP contribution is 2.08. The monoisotopic (exact) mass is 125 g/mol. The van der Waals surface area contributed by atoms with Gasteiger partial charge in [0, 0.05) is 6.54 Å². The molecule has 0 amide bonds. The van der Waals surface area contributed by atoms with Crippen molar-refractivity contribution in [1.82, 2.24) is 4.90 Å². The Hall–Kier alpha value is -0.560. The minimum Gasteiger partial charge on any atom is -0.305 e. The van der Waals surface area contributed by atoms with Crippen molar-refractivity contribution < 1.29 is 2.74 Å². The lowest BCUT2D eigenvalue weighted by atomic mass is 10.3. The summed E-state index contributed by atoms with van der Waals surface area (Å²) in [5.41, 5.74) is 0.870. The number of hydrogen-bond acceptors (Lipinski definition) is 1. The summed E-state index contributed by atoms with van der Waals surface area (Å²) >= 11 is 0. The first-order valence-corrected chi connectivity index (χ1v) is 3.11.